The molecule has 2 aromatic carbocycles. The van der Waals surface area contributed by atoms with E-state index in [0.29, 0.717) is 0 Å². The second-order valence-electron chi connectivity index (χ2n) is 4.62. The standard InChI is InChI=1S/C15H15NO3S/c1-10(16(18)19)15(20-11(2)17)14-9-5-7-12-6-3-4-8-13(12)14/h3-10,15H,1-2H3/t10-,15-/m1/s1. The smallest absolute Gasteiger partial charge is 0.226 e. The van der Waals surface area contributed by atoms with Crippen LogP contribution < -0.4 is 0 Å². The van der Waals surface area contributed by atoms with E-state index in [1.165, 1.54) is 6.92 Å². The van der Waals surface area contributed by atoms with Crippen molar-refractivity contribution in [2.24, 2.45) is 0 Å². The van der Waals surface area contributed by atoms with Gasteiger partial charge >= 0.3 is 0 Å². The normalized spacial score (nSPS) is 13.9. The summed E-state index contributed by atoms with van der Waals surface area (Å²) in [5.74, 6) is 0. The third-order valence-electron chi connectivity index (χ3n) is 3.19. The molecule has 0 amide bonds. The second kappa shape index (κ2) is 6.05. The van der Waals surface area contributed by atoms with Gasteiger partial charge in [0.15, 0.2) is 5.12 Å². The van der Waals surface area contributed by atoms with Gasteiger partial charge in [-0.1, -0.05) is 54.2 Å². The fourth-order valence-electron chi connectivity index (χ4n) is 2.21. The van der Waals surface area contributed by atoms with Crippen molar-refractivity contribution in [1.29, 1.82) is 0 Å². The molecule has 0 heterocycles. The van der Waals surface area contributed by atoms with Gasteiger partial charge in [-0.15, -0.1) is 0 Å². The van der Waals surface area contributed by atoms with Crippen LogP contribution in [0.25, 0.3) is 10.8 Å². The summed E-state index contributed by atoms with van der Waals surface area (Å²) in [6, 6.07) is 12.6. The quantitative estimate of drug-likeness (QED) is 0.634. The molecular formula is C15H15NO3S. The number of hydrogen-bond acceptors (Lipinski definition) is 4. The first-order valence-corrected chi connectivity index (χ1v) is 7.17. The Morgan fingerprint density at radius 3 is 2.50 bits per heavy atom. The van der Waals surface area contributed by atoms with E-state index < -0.39 is 11.3 Å². The molecule has 5 heteroatoms. The number of nitro groups is 1. The Bertz CT molecular complexity index is 651. The minimum Gasteiger partial charge on any atom is -0.288 e. The molecule has 20 heavy (non-hydrogen) atoms. The molecule has 0 aromatic heterocycles. The molecule has 0 N–H and O–H groups in total. The molecule has 0 aliphatic carbocycles. The number of carbonyl (C=O) groups excluding carboxylic acids is 1. The average Bonchev–Trinajstić information content (AvgIpc) is 2.43. The Labute approximate surface area is 121 Å². The maximum atomic E-state index is 11.4. The molecule has 2 rings (SSSR count). The van der Waals surface area contributed by atoms with Crippen molar-refractivity contribution in [3.8, 4) is 0 Å². The van der Waals surface area contributed by atoms with E-state index >= 15 is 0 Å². The van der Waals surface area contributed by atoms with Crippen LogP contribution in [0.1, 0.15) is 24.7 Å². The average molecular weight is 289 g/mol. The molecule has 0 aliphatic rings. The maximum Gasteiger partial charge on any atom is 0.226 e. The maximum absolute atomic E-state index is 11.4. The van der Waals surface area contributed by atoms with E-state index in [1.54, 1.807) is 6.92 Å². The molecule has 2 atom stereocenters. The van der Waals surface area contributed by atoms with Crippen LogP contribution in [0.2, 0.25) is 0 Å². The number of hydrogen-bond donors (Lipinski definition) is 0. The van der Waals surface area contributed by atoms with Gasteiger partial charge in [-0.25, -0.2) is 0 Å². The third kappa shape index (κ3) is 2.99. The summed E-state index contributed by atoms with van der Waals surface area (Å²) in [6.45, 7) is 2.98. The van der Waals surface area contributed by atoms with Crippen molar-refractivity contribution in [1.82, 2.24) is 0 Å². The first-order valence-electron chi connectivity index (χ1n) is 6.29. The Hall–Kier alpha value is -1.88. The van der Waals surface area contributed by atoms with Crippen LogP contribution in [0.4, 0.5) is 0 Å². The zero-order chi connectivity index (χ0) is 14.7. The van der Waals surface area contributed by atoms with Gasteiger partial charge in [0, 0.05) is 18.8 Å². The van der Waals surface area contributed by atoms with Crippen LogP contribution in [0.3, 0.4) is 0 Å². The summed E-state index contributed by atoms with van der Waals surface area (Å²) in [5, 5.41) is 12.5. The molecule has 0 radical (unpaired) electrons. The van der Waals surface area contributed by atoms with Crippen molar-refractivity contribution in [3.05, 3.63) is 58.1 Å². The molecule has 0 aliphatic heterocycles. The number of benzene rings is 2. The minimum atomic E-state index is -0.824. The van der Waals surface area contributed by atoms with Gasteiger partial charge in [0.1, 0.15) is 5.25 Å². The highest BCUT2D eigenvalue weighted by molar-refractivity contribution is 8.13. The van der Waals surface area contributed by atoms with Crippen LogP contribution in [-0.2, 0) is 4.79 Å². The summed E-state index contributed by atoms with van der Waals surface area (Å²) < 4.78 is 0. The van der Waals surface area contributed by atoms with Crippen LogP contribution in [0, 0.1) is 10.1 Å². The lowest BCUT2D eigenvalue weighted by Crippen LogP contribution is -2.23. The third-order valence-corrected chi connectivity index (χ3v) is 4.43. The lowest BCUT2D eigenvalue weighted by Gasteiger charge is -2.18. The van der Waals surface area contributed by atoms with Gasteiger partial charge in [-0.3, -0.25) is 14.9 Å². The molecule has 0 spiro atoms. The molecule has 2 aromatic rings. The number of thioether (sulfide) groups is 1. The van der Waals surface area contributed by atoms with Gasteiger partial charge in [0.25, 0.3) is 0 Å². The molecule has 4 nitrogen and oxygen atoms in total. The lowest BCUT2D eigenvalue weighted by molar-refractivity contribution is -0.518. The Kier molecular flexibility index (Phi) is 4.39. The predicted molar refractivity (Wildman–Crippen MR) is 81.4 cm³/mol. The van der Waals surface area contributed by atoms with Gasteiger partial charge in [0.2, 0.25) is 6.04 Å². The fourth-order valence-corrected chi connectivity index (χ4v) is 3.20. The lowest BCUT2D eigenvalue weighted by atomic mass is 9.99. The van der Waals surface area contributed by atoms with E-state index in [1.807, 2.05) is 42.5 Å². The van der Waals surface area contributed by atoms with Crippen LogP contribution in [-0.4, -0.2) is 16.1 Å². The molecule has 0 bridgehead atoms. The summed E-state index contributed by atoms with van der Waals surface area (Å²) >= 11 is 1.02. The SMILES string of the molecule is CC(=O)S[C@@H](c1cccc2ccccc12)[C@@H](C)[N+](=O)[O-]. The van der Waals surface area contributed by atoms with Crippen molar-refractivity contribution >= 4 is 27.6 Å². The van der Waals surface area contributed by atoms with E-state index in [4.69, 9.17) is 0 Å². The van der Waals surface area contributed by atoms with E-state index in [0.717, 1.165) is 28.1 Å². The Balaban J connectivity index is 2.56. The Morgan fingerprint density at radius 1 is 1.20 bits per heavy atom. The summed E-state index contributed by atoms with van der Waals surface area (Å²) in [6.07, 6.45) is 0. The van der Waals surface area contributed by atoms with Gasteiger partial charge in [0.05, 0.1) is 0 Å². The monoisotopic (exact) mass is 289 g/mol. The number of nitrogens with zero attached hydrogens (tertiary/aromatic N) is 1. The molecule has 0 unspecified atom stereocenters. The second-order valence-corrected chi connectivity index (χ2v) is 5.94. The molecule has 104 valence electrons. The largest absolute Gasteiger partial charge is 0.288 e. The van der Waals surface area contributed by atoms with Crippen molar-refractivity contribution in [3.63, 3.8) is 0 Å². The van der Waals surface area contributed by atoms with E-state index in [2.05, 4.69) is 0 Å². The molecular weight excluding hydrogens is 274 g/mol. The number of fused-ring (bicyclic) bond motifs is 1. The highest BCUT2D eigenvalue weighted by atomic mass is 32.2. The number of rotatable bonds is 4. The fraction of sp³-hybridized carbons (Fsp3) is 0.267. The first kappa shape index (κ1) is 14.5. The highest BCUT2D eigenvalue weighted by Gasteiger charge is 2.31. The topological polar surface area (TPSA) is 60.2 Å². The van der Waals surface area contributed by atoms with Crippen LogP contribution >= 0.6 is 11.8 Å². The number of carbonyl (C=O) groups is 1. The zero-order valence-corrected chi connectivity index (χ0v) is 12.1. The van der Waals surface area contributed by atoms with Gasteiger partial charge < -0.3 is 0 Å². The van der Waals surface area contributed by atoms with E-state index in [9.17, 15) is 14.9 Å². The van der Waals surface area contributed by atoms with Crippen molar-refractivity contribution < 1.29 is 9.72 Å². The molecule has 0 fully saturated rings. The predicted octanol–water partition coefficient (Wildman–Crippen LogP) is 3.83. The highest BCUT2D eigenvalue weighted by Crippen LogP contribution is 2.37. The Morgan fingerprint density at radius 2 is 1.85 bits per heavy atom. The van der Waals surface area contributed by atoms with Crippen molar-refractivity contribution in [2.75, 3.05) is 0 Å². The summed E-state index contributed by atoms with van der Waals surface area (Å²) in [4.78, 5) is 22.2. The summed E-state index contributed by atoms with van der Waals surface area (Å²) in [7, 11) is 0. The van der Waals surface area contributed by atoms with Crippen LogP contribution in [0.15, 0.2) is 42.5 Å². The molecule has 0 saturated heterocycles. The van der Waals surface area contributed by atoms with Gasteiger partial charge in [-0.05, 0) is 16.3 Å². The van der Waals surface area contributed by atoms with Gasteiger partial charge in [-0.2, -0.15) is 0 Å². The summed E-state index contributed by atoms with van der Waals surface area (Å²) in [5.41, 5.74) is 0.840. The minimum absolute atomic E-state index is 0.114. The zero-order valence-electron chi connectivity index (χ0n) is 11.3. The van der Waals surface area contributed by atoms with E-state index in [-0.39, 0.29) is 10.0 Å². The first-order chi connectivity index (χ1) is 9.50. The van der Waals surface area contributed by atoms with Crippen molar-refractivity contribution in [2.45, 2.75) is 25.1 Å². The molecule has 0 saturated carbocycles. The van der Waals surface area contributed by atoms with Crippen LogP contribution in [0.5, 0.6) is 0 Å².